The Morgan fingerprint density at radius 3 is 2.26 bits per heavy atom. The van der Waals surface area contributed by atoms with Gasteiger partial charge in [-0.1, -0.05) is 74.5 Å². The van der Waals surface area contributed by atoms with E-state index in [9.17, 15) is 0 Å². The molecule has 2 heteroatoms. The number of benzene rings is 2. The lowest BCUT2D eigenvalue weighted by Gasteiger charge is -2.32. The normalized spacial score (nSPS) is 25.2. The highest BCUT2D eigenvalue weighted by molar-refractivity contribution is 8.03. The molecule has 0 fully saturated rings. The lowest BCUT2D eigenvalue weighted by atomic mass is 9.73. The van der Waals surface area contributed by atoms with Crippen LogP contribution in [0.25, 0.3) is 0 Å². The summed E-state index contributed by atoms with van der Waals surface area (Å²) in [6.45, 7) is 4.62. The maximum atomic E-state index is 6.46. The van der Waals surface area contributed by atoms with E-state index in [4.69, 9.17) is 5.73 Å². The molecule has 2 N–H and O–H groups in total. The van der Waals surface area contributed by atoms with Gasteiger partial charge in [-0.15, -0.1) is 11.8 Å². The molecule has 0 aromatic heterocycles. The predicted molar refractivity (Wildman–Crippen MR) is 101 cm³/mol. The summed E-state index contributed by atoms with van der Waals surface area (Å²) in [6, 6.07) is 21.7. The zero-order valence-electron chi connectivity index (χ0n) is 14.0. The summed E-state index contributed by atoms with van der Waals surface area (Å²) in [6.07, 6.45) is 3.19. The first-order valence-electron chi connectivity index (χ1n) is 8.37. The zero-order chi connectivity index (χ0) is 16.3. The van der Waals surface area contributed by atoms with Crippen LogP contribution in [0.15, 0.2) is 71.3 Å². The van der Waals surface area contributed by atoms with Crippen LogP contribution < -0.4 is 5.73 Å². The van der Waals surface area contributed by atoms with Crippen LogP contribution in [-0.4, -0.2) is 0 Å². The van der Waals surface area contributed by atoms with E-state index in [-0.39, 0.29) is 5.41 Å². The van der Waals surface area contributed by atoms with Crippen molar-refractivity contribution in [1.29, 1.82) is 0 Å². The van der Waals surface area contributed by atoms with Gasteiger partial charge >= 0.3 is 0 Å². The Morgan fingerprint density at radius 1 is 1.04 bits per heavy atom. The Labute approximate surface area is 144 Å². The minimum absolute atomic E-state index is 0.126. The van der Waals surface area contributed by atoms with Gasteiger partial charge in [-0.2, -0.15) is 0 Å². The number of nitrogens with two attached hydrogens (primary N) is 1. The molecule has 3 rings (SSSR count). The summed E-state index contributed by atoms with van der Waals surface area (Å²) in [7, 11) is 0. The van der Waals surface area contributed by atoms with E-state index in [1.165, 1.54) is 16.7 Å². The molecular weight excluding hydrogens is 298 g/mol. The molecule has 2 aromatic rings. The van der Waals surface area contributed by atoms with Crippen molar-refractivity contribution in [3.8, 4) is 0 Å². The van der Waals surface area contributed by atoms with Gasteiger partial charge in [-0.25, -0.2) is 0 Å². The van der Waals surface area contributed by atoms with Gasteiger partial charge in [0.1, 0.15) is 0 Å². The molecule has 120 valence electrons. The van der Waals surface area contributed by atoms with E-state index in [0.29, 0.717) is 5.25 Å². The molecule has 0 saturated heterocycles. The first-order valence-corrected chi connectivity index (χ1v) is 9.25. The Bertz CT molecular complexity index is 678. The van der Waals surface area contributed by atoms with Gasteiger partial charge in [0.15, 0.2) is 0 Å². The van der Waals surface area contributed by atoms with Crippen molar-refractivity contribution in [2.45, 2.75) is 43.8 Å². The van der Waals surface area contributed by atoms with Crippen molar-refractivity contribution in [3.05, 3.63) is 82.4 Å². The molecule has 0 saturated carbocycles. The fraction of sp³-hybridized carbons (Fsp3) is 0.333. The van der Waals surface area contributed by atoms with Crippen LogP contribution in [0.3, 0.4) is 0 Å². The summed E-state index contributed by atoms with van der Waals surface area (Å²) < 4.78 is 0. The molecule has 1 aliphatic heterocycles. The molecular formula is C21H25NS. The standard InChI is InChI=1S/C21H25NS/c1-3-16-14-21(2,18-12-8-5-9-13-18)15-19(23-20(16)22)17-10-6-4-7-11-17/h4-13,19H,3,14-15,22H2,1-2H3/t19-,21+/m0/s1. The van der Waals surface area contributed by atoms with Crippen LogP contribution >= 0.6 is 11.8 Å². The van der Waals surface area contributed by atoms with Gasteiger partial charge in [0.05, 0.1) is 5.03 Å². The van der Waals surface area contributed by atoms with Crippen molar-refractivity contribution in [2.75, 3.05) is 0 Å². The summed E-state index contributed by atoms with van der Waals surface area (Å²) in [4.78, 5) is 0. The molecule has 0 bridgehead atoms. The number of hydrogen-bond donors (Lipinski definition) is 1. The van der Waals surface area contributed by atoms with Crippen LogP contribution in [0.1, 0.15) is 49.5 Å². The quantitative estimate of drug-likeness (QED) is 0.773. The second-order valence-corrected chi connectivity index (χ2v) is 7.89. The first kappa shape index (κ1) is 16.2. The molecule has 0 aliphatic carbocycles. The fourth-order valence-corrected chi connectivity index (χ4v) is 4.97. The molecule has 0 amide bonds. The number of hydrogen-bond acceptors (Lipinski definition) is 2. The fourth-order valence-electron chi connectivity index (χ4n) is 3.53. The van der Waals surface area contributed by atoms with Crippen molar-refractivity contribution in [2.24, 2.45) is 5.73 Å². The van der Waals surface area contributed by atoms with Gasteiger partial charge in [0.2, 0.25) is 0 Å². The Kier molecular flexibility index (Phi) is 4.82. The number of allylic oxidation sites excluding steroid dienone is 1. The van der Waals surface area contributed by atoms with Crippen LogP contribution in [0.2, 0.25) is 0 Å². The van der Waals surface area contributed by atoms with E-state index < -0.39 is 0 Å². The van der Waals surface area contributed by atoms with Gasteiger partial charge in [0, 0.05) is 5.25 Å². The SMILES string of the molecule is CCC1=C(N)S[C@H](c2ccccc2)C[C@](C)(c2ccccc2)C1. The second-order valence-electron chi connectivity index (χ2n) is 6.65. The topological polar surface area (TPSA) is 26.0 Å². The van der Waals surface area contributed by atoms with Crippen LogP contribution in [0.5, 0.6) is 0 Å². The molecule has 0 spiro atoms. The Balaban J connectivity index is 2.03. The molecule has 2 aromatic carbocycles. The number of rotatable bonds is 3. The second kappa shape index (κ2) is 6.84. The van der Waals surface area contributed by atoms with E-state index >= 15 is 0 Å². The summed E-state index contributed by atoms with van der Waals surface area (Å²) in [5.41, 5.74) is 10.8. The smallest absolute Gasteiger partial charge is 0.0653 e. The van der Waals surface area contributed by atoms with Crippen molar-refractivity contribution < 1.29 is 0 Å². The van der Waals surface area contributed by atoms with Crippen molar-refractivity contribution in [1.82, 2.24) is 0 Å². The minimum atomic E-state index is 0.126. The Morgan fingerprint density at radius 2 is 1.65 bits per heavy atom. The maximum Gasteiger partial charge on any atom is 0.0653 e. The molecule has 1 aliphatic rings. The maximum absolute atomic E-state index is 6.46. The lowest BCUT2D eigenvalue weighted by molar-refractivity contribution is 0.425. The Hall–Kier alpha value is -1.67. The third kappa shape index (κ3) is 3.48. The van der Waals surface area contributed by atoms with Crippen LogP contribution in [-0.2, 0) is 5.41 Å². The predicted octanol–water partition coefficient (Wildman–Crippen LogP) is 5.79. The van der Waals surface area contributed by atoms with E-state index in [1.54, 1.807) is 0 Å². The monoisotopic (exact) mass is 323 g/mol. The molecule has 0 radical (unpaired) electrons. The average Bonchev–Trinajstić information content (AvgIpc) is 2.73. The van der Waals surface area contributed by atoms with E-state index in [1.807, 2.05) is 11.8 Å². The average molecular weight is 324 g/mol. The highest BCUT2D eigenvalue weighted by Gasteiger charge is 2.35. The first-order chi connectivity index (χ1) is 11.1. The number of thioether (sulfide) groups is 1. The third-order valence-corrected chi connectivity index (χ3v) is 6.19. The minimum Gasteiger partial charge on any atom is -0.394 e. The summed E-state index contributed by atoms with van der Waals surface area (Å²) in [5, 5.41) is 1.44. The van der Waals surface area contributed by atoms with E-state index in [0.717, 1.165) is 24.3 Å². The molecule has 2 atom stereocenters. The van der Waals surface area contributed by atoms with Crippen LogP contribution in [0, 0.1) is 0 Å². The molecule has 0 unspecified atom stereocenters. The molecule has 1 nitrogen and oxygen atoms in total. The summed E-state index contributed by atoms with van der Waals surface area (Å²) >= 11 is 1.85. The molecule has 1 heterocycles. The highest BCUT2D eigenvalue weighted by Crippen LogP contribution is 2.50. The van der Waals surface area contributed by atoms with Gasteiger partial charge in [-0.05, 0) is 41.4 Å². The van der Waals surface area contributed by atoms with Gasteiger partial charge in [-0.3, -0.25) is 0 Å². The van der Waals surface area contributed by atoms with E-state index in [2.05, 4.69) is 74.5 Å². The highest BCUT2D eigenvalue weighted by atomic mass is 32.2. The van der Waals surface area contributed by atoms with Crippen LogP contribution in [0.4, 0.5) is 0 Å². The van der Waals surface area contributed by atoms with Gasteiger partial charge < -0.3 is 5.73 Å². The largest absolute Gasteiger partial charge is 0.394 e. The van der Waals surface area contributed by atoms with Gasteiger partial charge in [0.25, 0.3) is 0 Å². The lowest BCUT2D eigenvalue weighted by Crippen LogP contribution is -2.24. The van der Waals surface area contributed by atoms with Crippen molar-refractivity contribution in [3.63, 3.8) is 0 Å². The zero-order valence-corrected chi connectivity index (χ0v) is 14.8. The van der Waals surface area contributed by atoms with Crippen molar-refractivity contribution >= 4 is 11.8 Å². The third-order valence-electron chi connectivity index (χ3n) is 4.93. The summed E-state index contributed by atoms with van der Waals surface area (Å²) in [5.74, 6) is 0. The molecule has 23 heavy (non-hydrogen) atoms.